The molecular weight excluding hydrogens is 300 g/mol. The number of benzene rings is 1. The van der Waals surface area contributed by atoms with Crippen LogP contribution in [0.25, 0.3) is 17.0 Å². The molecule has 1 N–H and O–H groups in total. The minimum Gasteiger partial charge on any atom is -0.383 e. The predicted octanol–water partition coefficient (Wildman–Crippen LogP) is 3.44. The van der Waals surface area contributed by atoms with E-state index in [-0.39, 0.29) is 5.91 Å². The van der Waals surface area contributed by atoms with Gasteiger partial charge in [0.25, 0.3) is 0 Å². The molecule has 0 aliphatic carbocycles. The lowest BCUT2D eigenvalue weighted by atomic mass is 10.1. The number of methoxy groups -OCH3 is 1. The van der Waals surface area contributed by atoms with Crippen LogP contribution in [0.3, 0.4) is 0 Å². The third-order valence-electron chi connectivity index (χ3n) is 3.30. The van der Waals surface area contributed by atoms with Crippen LogP contribution in [-0.2, 0) is 9.53 Å². The number of para-hydroxylation sites is 1. The molecule has 0 saturated carbocycles. The molecule has 0 bridgehead atoms. The first-order valence-corrected chi connectivity index (χ1v) is 7.56. The van der Waals surface area contributed by atoms with Crippen molar-refractivity contribution in [2.45, 2.75) is 13.3 Å². The number of hydrogen-bond donors (Lipinski definition) is 1. The van der Waals surface area contributed by atoms with E-state index in [4.69, 9.17) is 16.3 Å². The summed E-state index contributed by atoms with van der Waals surface area (Å²) in [7, 11) is 1.60. The zero-order valence-electron chi connectivity index (χ0n) is 12.7. The Hall–Kier alpha value is -1.91. The van der Waals surface area contributed by atoms with E-state index in [0.29, 0.717) is 30.3 Å². The van der Waals surface area contributed by atoms with Gasteiger partial charge in [0.05, 0.1) is 12.1 Å². The van der Waals surface area contributed by atoms with Crippen LogP contribution in [0, 0.1) is 0 Å². The van der Waals surface area contributed by atoms with E-state index >= 15 is 0 Å². The normalized spacial score (nSPS) is 11.7. The number of aromatic nitrogens is 1. The highest BCUT2D eigenvalue weighted by Gasteiger charge is 2.09. The number of hydrogen-bond acceptors (Lipinski definition) is 3. The molecule has 4 nitrogen and oxygen atoms in total. The Kier molecular flexibility index (Phi) is 5.92. The van der Waals surface area contributed by atoms with E-state index in [2.05, 4.69) is 10.3 Å². The van der Waals surface area contributed by atoms with Gasteiger partial charge in [0.2, 0.25) is 5.91 Å². The largest absolute Gasteiger partial charge is 0.383 e. The molecule has 0 saturated heterocycles. The summed E-state index contributed by atoms with van der Waals surface area (Å²) in [5.74, 6) is -0.108. The van der Waals surface area contributed by atoms with Crippen molar-refractivity contribution in [1.29, 1.82) is 0 Å². The molecule has 2 rings (SSSR count). The van der Waals surface area contributed by atoms with Crippen LogP contribution in [0.15, 0.2) is 35.9 Å². The number of ether oxygens (including phenoxy) is 1. The molecule has 5 heteroatoms. The highest BCUT2D eigenvalue weighted by Crippen LogP contribution is 2.23. The van der Waals surface area contributed by atoms with Crippen molar-refractivity contribution in [3.8, 4) is 0 Å². The number of carbonyl (C=O) groups is 1. The molecule has 116 valence electrons. The lowest BCUT2D eigenvalue weighted by molar-refractivity contribution is -0.117. The van der Waals surface area contributed by atoms with Gasteiger partial charge in [-0.05, 0) is 24.6 Å². The third-order valence-corrected chi connectivity index (χ3v) is 3.60. The molecule has 1 heterocycles. The first-order chi connectivity index (χ1) is 10.7. The maximum absolute atomic E-state index is 12.1. The minimum absolute atomic E-state index is 0.108. The Balaban J connectivity index is 2.28. The molecule has 0 radical (unpaired) electrons. The summed E-state index contributed by atoms with van der Waals surface area (Å²) < 4.78 is 4.93. The van der Waals surface area contributed by atoms with Crippen molar-refractivity contribution in [3.05, 3.63) is 46.6 Å². The Morgan fingerprint density at radius 1 is 1.41 bits per heavy atom. The SMILES string of the molecule is CC/C(=C/c1cc2ccccc2nc1Cl)C(=O)NCCOC. The van der Waals surface area contributed by atoms with Gasteiger partial charge < -0.3 is 10.1 Å². The number of amides is 1. The number of fused-ring (bicyclic) bond motifs is 1. The average Bonchev–Trinajstić information content (AvgIpc) is 2.52. The molecule has 0 fully saturated rings. The smallest absolute Gasteiger partial charge is 0.247 e. The van der Waals surface area contributed by atoms with Gasteiger partial charge in [-0.3, -0.25) is 4.79 Å². The summed E-state index contributed by atoms with van der Waals surface area (Å²) in [4.78, 5) is 16.5. The summed E-state index contributed by atoms with van der Waals surface area (Å²) in [6.07, 6.45) is 2.41. The Labute approximate surface area is 135 Å². The van der Waals surface area contributed by atoms with Crippen molar-refractivity contribution in [2.24, 2.45) is 0 Å². The monoisotopic (exact) mass is 318 g/mol. The lowest BCUT2D eigenvalue weighted by Gasteiger charge is -2.08. The zero-order valence-corrected chi connectivity index (χ0v) is 13.5. The first kappa shape index (κ1) is 16.5. The van der Waals surface area contributed by atoms with Gasteiger partial charge >= 0.3 is 0 Å². The molecular formula is C17H19ClN2O2. The molecule has 0 atom stereocenters. The van der Waals surface area contributed by atoms with Crippen molar-refractivity contribution < 1.29 is 9.53 Å². The van der Waals surface area contributed by atoms with Gasteiger partial charge in [-0.1, -0.05) is 36.7 Å². The fourth-order valence-corrected chi connectivity index (χ4v) is 2.31. The van der Waals surface area contributed by atoms with E-state index in [1.807, 2.05) is 37.3 Å². The third kappa shape index (κ3) is 4.06. The van der Waals surface area contributed by atoms with Crippen LogP contribution in [0.1, 0.15) is 18.9 Å². The van der Waals surface area contributed by atoms with Crippen molar-refractivity contribution in [3.63, 3.8) is 0 Å². The van der Waals surface area contributed by atoms with Crippen LogP contribution in [0.2, 0.25) is 5.15 Å². The first-order valence-electron chi connectivity index (χ1n) is 7.18. The van der Waals surface area contributed by atoms with Crippen LogP contribution >= 0.6 is 11.6 Å². The minimum atomic E-state index is -0.108. The van der Waals surface area contributed by atoms with Gasteiger partial charge in [-0.25, -0.2) is 4.98 Å². The maximum atomic E-state index is 12.1. The molecule has 0 spiro atoms. The standard InChI is InChI=1S/C17H19ClN2O2/c1-3-12(17(21)19-8-9-22-2)10-14-11-13-6-4-5-7-15(13)20-16(14)18/h4-7,10-11H,3,8-9H2,1-2H3,(H,19,21)/b12-10-. The topological polar surface area (TPSA) is 51.2 Å². The van der Waals surface area contributed by atoms with Crippen molar-refractivity contribution in [1.82, 2.24) is 10.3 Å². The quantitative estimate of drug-likeness (QED) is 0.504. The number of pyridine rings is 1. The number of rotatable bonds is 6. The van der Waals surface area contributed by atoms with E-state index in [1.54, 1.807) is 13.2 Å². The molecule has 0 unspecified atom stereocenters. The van der Waals surface area contributed by atoms with E-state index in [1.165, 1.54) is 0 Å². The predicted molar refractivity (Wildman–Crippen MR) is 89.9 cm³/mol. The number of nitrogens with zero attached hydrogens (tertiary/aromatic N) is 1. The zero-order chi connectivity index (χ0) is 15.9. The van der Waals surface area contributed by atoms with E-state index < -0.39 is 0 Å². The van der Waals surface area contributed by atoms with Gasteiger partial charge in [0, 0.05) is 30.2 Å². The van der Waals surface area contributed by atoms with Gasteiger partial charge in [0.15, 0.2) is 0 Å². The second-order valence-corrected chi connectivity index (χ2v) is 5.19. The second kappa shape index (κ2) is 7.92. The maximum Gasteiger partial charge on any atom is 0.247 e. The van der Waals surface area contributed by atoms with E-state index in [9.17, 15) is 4.79 Å². The molecule has 1 aromatic carbocycles. The molecule has 22 heavy (non-hydrogen) atoms. The van der Waals surface area contributed by atoms with Crippen LogP contribution in [0.5, 0.6) is 0 Å². The summed E-state index contributed by atoms with van der Waals surface area (Å²) in [5, 5.41) is 4.21. The molecule has 2 aromatic rings. The van der Waals surface area contributed by atoms with Crippen molar-refractivity contribution in [2.75, 3.05) is 20.3 Å². The number of carbonyl (C=O) groups excluding carboxylic acids is 1. The lowest BCUT2D eigenvalue weighted by Crippen LogP contribution is -2.28. The van der Waals surface area contributed by atoms with Crippen LogP contribution in [-0.4, -0.2) is 31.2 Å². The molecule has 0 aliphatic rings. The molecule has 0 aliphatic heterocycles. The molecule has 1 aromatic heterocycles. The van der Waals surface area contributed by atoms with Gasteiger partial charge in [0.1, 0.15) is 5.15 Å². The summed E-state index contributed by atoms with van der Waals surface area (Å²) in [5.41, 5.74) is 2.25. The highest BCUT2D eigenvalue weighted by atomic mass is 35.5. The second-order valence-electron chi connectivity index (χ2n) is 4.83. The Bertz CT molecular complexity index is 698. The number of nitrogens with one attached hydrogen (secondary N) is 1. The fourth-order valence-electron chi connectivity index (χ4n) is 2.11. The van der Waals surface area contributed by atoms with Crippen molar-refractivity contribution >= 4 is 34.5 Å². The molecule has 1 amide bonds. The summed E-state index contributed by atoms with van der Waals surface area (Å²) in [6.45, 7) is 2.90. The fraction of sp³-hybridized carbons (Fsp3) is 0.294. The Morgan fingerprint density at radius 2 is 2.18 bits per heavy atom. The number of halogens is 1. The highest BCUT2D eigenvalue weighted by molar-refractivity contribution is 6.31. The average molecular weight is 319 g/mol. The van der Waals surface area contributed by atoms with Gasteiger partial charge in [-0.2, -0.15) is 0 Å². The van der Waals surface area contributed by atoms with E-state index in [0.717, 1.165) is 16.5 Å². The Morgan fingerprint density at radius 3 is 2.91 bits per heavy atom. The van der Waals surface area contributed by atoms with Gasteiger partial charge in [-0.15, -0.1) is 0 Å². The summed E-state index contributed by atoms with van der Waals surface area (Å²) in [6, 6.07) is 9.70. The van der Waals surface area contributed by atoms with Crippen LogP contribution in [0.4, 0.5) is 0 Å². The summed E-state index contributed by atoms with van der Waals surface area (Å²) >= 11 is 6.23. The van der Waals surface area contributed by atoms with Crippen LogP contribution < -0.4 is 5.32 Å².